The van der Waals surface area contributed by atoms with Crippen LogP contribution >= 0.6 is 22.7 Å². The standard InChI is InChI=1S/C64H94O2S2/c1-7-11-15-19-23-25-29-33-39-47(37-31-27-21-17-13-9-3)45-53-57-49-41-35-43-51-55(49)59(61(57)67-63(53)65-5)52-44-36-42-50-56(52)60(51)62-58(50)54(64(66-6)68-62)46-48(38-32-28-22-18-14-10-4)40-34-30-26-24-20-16-12-8-2/h35-36,41-44,47-48H,7-34,37-40,45-46H2,1-6H3. The average Bonchev–Trinajstić information content (AvgIpc) is 4.09. The van der Waals surface area contributed by atoms with Crippen LogP contribution in [0.4, 0.5) is 0 Å². The summed E-state index contributed by atoms with van der Waals surface area (Å²) in [6.07, 6.45) is 46.3. The second kappa shape index (κ2) is 28.3. The van der Waals surface area contributed by atoms with Crippen molar-refractivity contribution in [2.75, 3.05) is 14.2 Å². The number of unbranched alkanes of at least 4 members (excludes halogenated alkanes) is 24. The van der Waals surface area contributed by atoms with Crippen molar-refractivity contribution in [3.05, 3.63) is 47.5 Å². The summed E-state index contributed by atoms with van der Waals surface area (Å²) >= 11 is 3.88. The molecule has 2 nitrogen and oxygen atoms in total. The molecule has 68 heavy (non-hydrogen) atoms. The molecule has 0 spiro atoms. The molecule has 0 aliphatic rings. The highest BCUT2D eigenvalue weighted by molar-refractivity contribution is 7.23. The van der Waals surface area contributed by atoms with Crippen molar-refractivity contribution in [1.29, 1.82) is 0 Å². The summed E-state index contributed by atoms with van der Waals surface area (Å²) in [5, 5.41) is 16.9. The van der Waals surface area contributed by atoms with Crippen LogP contribution in [0.15, 0.2) is 36.4 Å². The van der Waals surface area contributed by atoms with E-state index in [9.17, 15) is 0 Å². The summed E-state index contributed by atoms with van der Waals surface area (Å²) in [6, 6.07) is 14.5. The van der Waals surface area contributed by atoms with E-state index < -0.39 is 0 Å². The van der Waals surface area contributed by atoms with Crippen LogP contribution in [0.2, 0.25) is 0 Å². The maximum atomic E-state index is 6.42. The molecule has 0 radical (unpaired) electrons. The number of ether oxygens (including phenoxy) is 2. The SMILES string of the molecule is CCCCCCCCCCC(CCCCCCCC)Cc1c(OC)sc2c1c1cccc3c1c2c1cccc2c4c(CC(CCCCCCCC)CCCCCCCCCC)c(OC)sc4c3c21. The molecule has 0 fully saturated rings. The van der Waals surface area contributed by atoms with Gasteiger partial charge >= 0.3 is 0 Å². The molecule has 2 atom stereocenters. The van der Waals surface area contributed by atoms with Crippen LogP contribution in [0.5, 0.6) is 10.1 Å². The van der Waals surface area contributed by atoms with Gasteiger partial charge < -0.3 is 9.47 Å². The van der Waals surface area contributed by atoms with Gasteiger partial charge in [0.15, 0.2) is 10.1 Å². The van der Waals surface area contributed by atoms with E-state index >= 15 is 0 Å². The normalized spacial score (nSPS) is 13.3. The zero-order valence-electron chi connectivity index (χ0n) is 44.3. The molecule has 0 bridgehead atoms. The molecule has 2 aromatic heterocycles. The predicted molar refractivity (Wildman–Crippen MR) is 308 cm³/mol. The van der Waals surface area contributed by atoms with Crippen molar-refractivity contribution >= 4 is 85.9 Å². The van der Waals surface area contributed by atoms with Crippen LogP contribution in [0.25, 0.3) is 63.3 Å². The summed E-state index contributed by atoms with van der Waals surface area (Å²) in [5.74, 6) is 1.41. The molecular formula is C64H94O2S2. The van der Waals surface area contributed by atoms with Gasteiger partial charge in [-0.3, -0.25) is 0 Å². The quantitative estimate of drug-likeness (QED) is 0.0284. The van der Waals surface area contributed by atoms with E-state index in [1.807, 2.05) is 36.9 Å². The minimum Gasteiger partial charge on any atom is -0.487 e. The Kier molecular flexibility index (Phi) is 22.0. The van der Waals surface area contributed by atoms with E-state index in [0.29, 0.717) is 11.8 Å². The Morgan fingerprint density at radius 1 is 0.338 bits per heavy atom. The van der Waals surface area contributed by atoms with Gasteiger partial charge in [0.05, 0.1) is 14.2 Å². The molecule has 0 amide bonds. The fourth-order valence-electron chi connectivity index (χ4n) is 12.6. The second-order valence-electron chi connectivity index (χ2n) is 21.5. The Morgan fingerprint density at radius 2 is 0.603 bits per heavy atom. The molecular weight excluding hydrogens is 865 g/mol. The molecule has 0 aliphatic heterocycles. The van der Waals surface area contributed by atoms with Gasteiger partial charge in [0.25, 0.3) is 0 Å². The first-order valence-electron chi connectivity index (χ1n) is 29.0. The predicted octanol–water partition coefficient (Wildman–Crippen LogP) is 22.5. The lowest BCUT2D eigenvalue weighted by Crippen LogP contribution is -2.06. The minimum absolute atomic E-state index is 0.703. The van der Waals surface area contributed by atoms with Crippen LogP contribution in [0, 0.1) is 11.8 Å². The molecule has 2 unspecified atom stereocenters. The topological polar surface area (TPSA) is 18.5 Å². The lowest BCUT2D eigenvalue weighted by molar-refractivity contribution is 0.387. The first-order chi connectivity index (χ1) is 33.6. The summed E-state index contributed by atoms with van der Waals surface area (Å²) in [5.41, 5.74) is 2.98. The summed E-state index contributed by atoms with van der Waals surface area (Å²) in [7, 11) is 3.87. The van der Waals surface area contributed by atoms with Crippen molar-refractivity contribution in [3.8, 4) is 10.1 Å². The molecule has 0 aliphatic carbocycles. The molecule has 5 aromatic carbocycles. The van der Waals surface area contributed by atoms with Crippen molar-refractivity contribution < 1.29 is 9.47 Å². The number of benzene rings is 3. The van der Waals surface area contributed by atoms with Crippen LogP contribution in [0.1, 0.15) is 244 Å². The maximum absolute atomic E-state index is 6.42. The molecule has 0 N–H and O–H groups in total. The molecule has 0 saturated heterocycles. The van der Waals surface area contributed by atoms with Gasteiger partial charge in [0, 0.05) is 42.1 Å². The van der Waals surface area contributed by atoms with Crippen molar-refractivity contribution in [2.45, 2.75) is 246 Å². The van der Waals surface area contributed by atoms with E-state index in [-0.39, 0.29) is 0 Å². The highest BCUT2D eigenvalue weighted by Crippen LogP contribution is 2.57. The molecule has 4 heteroatoms. The van der Waals surface area contributed by atoms with E-state index in [1.165, 1.54) is 280 Å². The van der Waals surface area contributed by atoms with Crippen molar-refractivity contribution in [3.63, 3.8) is 0 Å². The van der Waals surface area contributed by atoms with E-state index in [0.717, 1.165) is 23.0 Å². The lowest BCUT2D eigenvalue weighted by Gasteiger charge is -2.18. The summed E-state index contributed by atoms with van der Waals surface area (Å²) in [6.45, 7) is 9.31. The van der Waals surface area contributed by atoms with Gasteiger partial charge in [-0.2, -0.15) is 0 Å². The molecule has 2 heterocycles. The highest BCUT2D eigenvalue weighted by atomic mass is 32.1. The third-order valence-electron chi connectivity index (χ3n) is 16.3. The maximum Gasteiger partial charge on any atom is 0.177 e. The largest absolute Gasteiger partial charge is 0.487 e. The van der Waals surface area contributed by atoms with Gasteiger partial charge in [0.1, 0.15) is 0 Å². The van der Waals surface area contributed by atoms with Crippen LogP contribution in [-0.4, -0.2) is 14.2 Å². The van der Waals surface area contributed by atoms with Gasteiger partial charge in [-0.15, -0.1) is 0 Å². The Bertz CT molecular complexity index is 2310. The first-order valence-corrected chi connectivity index (χ1v) is 30.6. The lowest BCUT2D eigenvalue weighted by atomic mass is 9.88. The number of thiophene rings is 2. The minimum atomic E-state index is 0.703. The Morgan fingerprint density at radius 3 is 0.882 bits per heavy atom. The fraction of sp³-hybridized carbons (Fsp3) is 0.656. The van der Waals surface area contributed by atoms with Gasteiger partial charge in [-0.05, 0) is 57.0 Å². The van der Waals surface area contributed by atoms with Gasteiger partial charge in [0.2, 0.25) is 0 Å². The summed E-state index contributed by atoms with van der Waals surface area (Å²) < 4.78 is 15.8. The third-order valence-corrected chi connectivity index (χ3v) is 18.7. The van der Waals surface area contributed by atoms with Crippen LogP contribution in [-0.2, 0) is 12.8 Å². The zero-order valence-corrected chi connectivity index (χ0v) is 45.9. The number of rotatable bonds is 38. The number of fused-ring (bicyclic) bond motifs is 8. The summed E-state index contributed by atoms with van der Waals surface area (Å²) in [4.78, 5) is 0. The average molecular weight is 960 g/mol. The van der Waals surface area contributed by atoms with Crippen LogP contribution < -0.4 is 9.47 Å². The third kappa shape index (κ3) is 13.0. The molecule has 0 saturated carbocycles. The van der Waals surface area contributed by atoms with Gasteiger partial charge in [-0.1, -0.05) is 292 Å². The Hall–Kier alpha value is -2.82. The second-order valence-corrected chi connectivity index (χ2v) is 23.5. The van der Waals surface area contributed by atoms with Crippen LogP contribution in [0.3, 0.4) is 0 Å². The van der Waals surface area contributed by atoms with Gasteiger partial charge in [-0.25, -0.2) is 0 Å². The Labute approximate surface area is 422 Å². The van der Waals surface area contributed by atoms with E-state index in [2.05, 4.69) is 64.1 Å². The highest BCUT2D eigenvalue weighted by Gasteiger charge is 2.30. The fourth-order valence-corrected chi connectivity index (χ4v) is 15.0. The Balaban J connectivity index is 1.22. The van der Waals surface area contributed by atoms with E-state index in [1.54, 1.807) is 0 Å². The molecule has 374 valence electrons. The monoisotopic (exact) mass is 959 g/mol. The smallest absolute Gasteiger partial charge is 0.177 e. The van der Waals surface area contributed by atoms with Crippen molar-refractivity contribution in [1.82, 2.24) is 0 Å². The van der Waals surface area contributed by atoms with E-state index in [4.69, 9.17) is 9.47 Å². The van der Waals surface area contributed by atoms with Crippen molar-refractivity contribution in [2.24, 2.45) is 11.8 Å². The molecule has 7 rings (SSSR count). The first kappa shape index (κ1) is 53.0. The number of methoxy groups -OCH3 is 2. The number of hydrogen-bond acceptors (Lipinski definition) is 4. The number of hydrogen-bond donors (Lipinski definition) is 0. The molecule has 7 aromatic rings. The zero-order chi connectivity index (χ0) is 47.5.